The number of hydrogen-bond acceptors (Lipinski definition) is 6. The standard InChI is InChI=1S/C11H22N4O2/c1-4-12-9-10-13-14-11(17-10)15(5-2)7-8-16-6-3/h12H,4-9H2,1-3H3. The van der Waals surface area contributed by atoms with Crippen molar-refractivity contribution in [2.75, 3.05) is 37.7 Å². The molecule has 6 heteroatoms. The second kappa shape index (κ2) is 8.03. The average molecular weight is 242 g/mol. The van der Waals surface area contributed by atoms with Crippen molar-refractivity contribution in [2.24, 2.45) is 0 Å². The number of anilines is 1. The lowest BCUT2D eigenvalue weighted by Crippen LogP contribution is -2.27. The topological polar surface area (TPSA) is 63.4 Å². The SMILES string of the molecule is CCNCc1nnc(N(CC)CCOCC)o1. The molecule has 1 aromatic heterocycles. The molecule has 0 saturated heterocycles. The van der Waals surface area contributed by atoms with E-state index in [-0.39, 0.29) is 0 Å². The van der Waals surface area contributed by atoms with Crippen LogP contribution in [0.1, 0.15) is 26.7 Å². The van der Waals surface area contributed by atoms with E-state index in [4.69, 9.17) is 9.15 Å². The van der Waals surface area contributed by atoms with Crippen LogP contribution < -0.4 is 10.2 Å². The number of nitrogens with zero attached hydrogens (tertiary/aromatic N) is 3. The average Bonchev–Trinajstić information content (AvgIpc) is 2.81. The van der Waals surface area contributed by atoms with Gasteiger partial charge in [-0.1, -0.05) is 12.0 Å². The lowest BCUT2D eigenvalue weighted by Gasteiger charge is -2.17. The molecule has 1 N–H and O–H groups in total. The van der Waals surface area contributed by atoms with Crippen molar-refractivity contribution in [3.63, 3.8) is 0 Å². The quantitative estimate of drug-likeness (QED) is 0.653. The van der Waals surface area contributed by atoms with Gasteiger partial charge in [0.2, 0.25) is 5.89 Å². The molecule has 0 aromatic carbocycles. The van der Waals surface area contributed by atoms with Gasteiger partial charge in [-0.25, -0.2) is 0 Å². The number of likely N-dealkylation sites (N-methyl/N-ethyl adjacent to an activating group) is 1. The summed E-state index contributed by atoms with van der Waals surface area (Å²) >= 11 is 0. The Morgan fingerprint density at radius 3 is 2.76 bits per heavy atom. The van der Waals surface area contributed by atoms with E-state index in [1.54, 1.807) is 0 Å². The van der Waals surface area contributed by atoms with Gasteiger partial charge in [0.15, 0.2) is 0 Å². The molecule has 6 nitrogen and oxygen atoms in total. The summed E-state index contributed by atoms with van der Waals surface area (Å²) in [6.07, 6.45) is 0. The molecule has 0 aliphatic heterocycles. The second-order valence-electron chi connectivity index (χ2n) is 3.54. The molecule has 0 atom stereocenters. The molecule has 0 saturated carbocycles. The van der Waals surface area contributed by atoms with E-state index < -0.39 is 0 Å². The molecule has 0 fully saturated rings. The van der Waals surface area contributed by atoms with Crippen LogP contribution in [0.5, 0.6) is 0 Å². The first kappa shape index (κ1) is 13.9. The molecular formula is C11H22N4O2. The summed E-state index contributed by atoms with van der Waals surface area (Å²) in [5.74, 6) is 0.622. The van der Waals surface area contributed by atoms with Crippen LogP contribution in [-0.2, 0) is 11.3 Å². The Morgan fingerprint density at radius 2 is 2.12 bits per heavy atom. The highest BCUT2D eigenvalue weighted by molar-refractivity contribution is 5.23. The Hall–Kier alpha value is -1.14. The van der Waals surface area contributed by atoms with Crippen LogP contribution >= 0.6 is 0 Å². The Bertz CT molecular complexity index is 303. The molecule has 0 bridgehead atoms. The molecule has 0 unspecified atom stereocenters. The van der Waals surface area contributed by atoms with E-state index in [1.807, 2.05) is 18.7 Å². The molecule has 0 radical (unpaired) electrons. The zero-order chi connectivity index (χ0) is 12.5. The second-order valence-corrected chi connectivity index (χ2v) is 3.54. The van der Waals surface area contributed by atoms with Gasteiger partial charge in [0, 0.05) is 19.7 Å². The maximum absolute atomic E-state index is 5.56. The molecule has 0 aliphatic carbocycles. The fraction of sp³-hybridized carbons (Fsp3) is 0.818. The van der Waals surface area contributed by atoms with Crippen molar-refractivity contribution in [2.45, 2.75) is 27.3 Å². The smallest absolute Gasteiger partial charge is 0.318 e. The summed E-state index contributed by atoms with van der Waals surface area (Å²) in [6.45, 7) is 10.6. The lowest BCUT2D eigenvalue weighted by atomic mass is 10.5. The maximum atomic E-state index is 5.56. The van der Waals surface area contributed by atoms with Crippen LogP contribution in [0.4, 0.5) is 6.01 Å². The van der Waals surface area contributed by atoms with E-state index in [1.165, 1.54) is 0 Å². The van der Waals surface area contributed by atoms with Crippen molar-refractivity contribution in [3.05, 3.63) is 5.89 Å². The zero-order valence-electron chi connectivity index (χ0n) is 10.9. The zero-order valence-corrected chi connectivity index (χ0v) is 10.9. The fourth-order valence-corrected chi connectivity index (χ4v) is 1.38. The van der Waals surface area contributed by atoms with Gasteiger partial charge < -0.3 is 19.4 Å². The van der Waals surface area contributed by atoms with Gasteiger partial charge in [0.25, 0.3) is 0 Å². The van der Waals surface area contributed by atoms with Crippen LogP contribution in [0, 0.1) is 0 Å². The molecule has 1 rings (SSSR count). The van der Waals surface area contributed by atoms with Crippen molar-refractivity contribution in [1.29, 1.82) is 0 Å². The van der Waals surface area contributed by atoms with Crippen LogP contribution in [0.25, 0.3) is 0 Å². The number of ether oxygens (including phenoxy) is 1. The molecule has 0 spiro atoms. The van der Waals surface area contributed by atoms with Gasteiger partial charge in [-0.2, -0.15) is 0 Å². The first-order chi connectivity index (χ1) is 8.31. The largest absolute Gasteiger partial charge is 0.407 e. The summed E-state index contributed by atoms with van der Waals surface area (Å²) in [5, 5.41) is 11.2. The molecule has 98 valence electrons. The van der Waals surface area contributed by atoms with E-state index >= 15 is 0 Å². The predicted octanol–water partition coefficient (Wildman–Crippen LogP) is 1.04. The normalized spacial score (nSPS) is 10.8. The number of hydrogen-bond donors (Lipinski definition) is 1. The van der Waals surface area contributed by atoms with Crippen molar-refractivity contribution in [3.8, 4) is 0 Å². The summed E-state index contributed by atoms with van der Waals surface area (Å²) in [7, 11) is 0. The highest BCUT2D eigenvalue weighted by atomic mass is 16.5. The fourth-order valence-electron chi connectivity index (χ4n) is 1.38. The Kier molecular flexibility index (Phi) is 6.57. The maximum Gasteiger partial charge on any atom is 0.318 e. The summed E-state index contributed by atoms with van der Waals surface area (Å²) in [4.78, 5) is 2.01. The molecule has 1 heterocycles. The first-order valence-electron chi connectivity index (χ1n) is 6.17. The van der Waals surface area contributed by atoms with Crippen LogP contribution in [0.3, 0.4) is 0 Å². The monoisotopic (exact) mass is 242 g/mol. The minimum Gasteiger partial charge on any atom is -0.407 e. The van der Waals surface area contributed by atoms with E-state index in [0.29, 0.717) is 25.1 Å². The third kappa shape index (κ3) is 4.70. The predicted molar refractivity (Wildman–Crippen MR) is 66.1 cm³/mol. The van der Waals surface area contributed by atoms with Gasteiger partial charge in [0.1, 0.15) is 0 Å². The minimum atomic E-state index is 0.570. The van der Waals surface area contributed by atoms with Crippen molar-refractivity contribution >= 4 is 6.01 Å². The van der Waals surface area contributed by atoms with E-state index in [2.05, 4.69) is 22.4 Å². The summed E-state index contributed by atoms with van der Waals surface area (Å²) in [5.41, 5.74) is 0. The minimum absolute atomic E-state index is 0.570. The number of rotatable bonds is 9. The van der Waals surface area contributed by atoms with Crippen LogP contribution in [0.15, 0.2) is 4.42 Å². The van der Waals surface area contributed by atoms with Gasteiger partial charge in [-0.15, -0.1) is 5.10 Å². The molecule has 17 heavy (non-hydrogen) atoms. The van der Waals surface area contributed by atoms with E-state index in [9.17, 15) is 0 Å². The molecule has 1 aromatic rings. The molecule has 0 aliphatic rings. The summed E-state index contributed by atoms with van der Waals surface area (Å²) in [6, 6.07) is 0.570. The first-order valence-corrected chi connectivity index (χ1v) is 6.17. The Balaban J connectivity index is 2.47. The van der Waals surface area contributed by atoms with Crippen molar-refractivity contribution in [1.82, 2.24) is 15.5 Å². The van der Waals surface area contributed by atoms with Crippen LogP contribution in [-0.4, -0.2) is 43.0 Å². The van der Waals surface area contributed by atoms with Crippen molar-refractivity contribution < 1.29 is 9.15 Å². The van der Waals surface area contributed by atoms with Gasteiger partial charge in [-0.3, -0.25) is 0 Å². The highest BCUT2D eigenvalue weighted by Crippen LogP contribution is 2.11. The van der Waals surface area contributed by atoms with E-state index in [0.717, 1.165) is 26.2 Å². The van der Waals surface area contributed by atoms with Gasteiger partial charge >= 0.3 is 6.01 Å². The summed E-state index contributed by atoms with van der Waals surface area (Å²) < 4.78 is 10.9. The third-order valence-corrected chi connectivity index (χ3v) is 2.34. The van der Waals surface area contributed by atoms with Crippen LogP contribution in [0.2, 0.25) is 0 Å². The number of aromatic nitrogens is 2. The Morgan fingerprint density at radius 1 is 1.29 bits per heavy atom. The third-order valence-electron chi connectivity index (χ3n) is 2.34. The molecule has 0 amide bonds. The molecular weight excluding hydrogens is 220 g/mol. The highest BCUT2D eigenvalue weighted by Gasteiger charge is 2.12. The van der Waals surface area contributed by atoms with Gasteiger partial charge in [0.05, 0.1) is 13.2 Å². The lowest BCUT2D eigenvalue weighted by molar-refractivity contribution is 0.153. The Labute approximate surface area is 102 Å². The number of nitrogens with one attached hydrogen (secondary N) is 1. The van der Waals surface area contributed by atoms with Gasteiger partial charge in [-0.05, 0) is 20.4 Å².